The maximum atomic E-state index is 14.4. The molecule has 10 heteroatoms. The molecule has 0 aromatic rings. The second-order valence-corrected chi connectivity index (χ2v) is 13.3. The van der Waals surface area contributed by atoms with Crippen molar-refractivity contribution in [2.45, 2.75) is 55.1 Å². The fourth-order valence-corrected chi connectivity index (χ4v) is 9.53. The molecule has 9 nitrogen and oxygen atoms in total. The molecule has 1 spiro atoms. The third-order valence-electron chi connectivity index (χ3n) is 8.94. The van der Waals surface area contributed by atoms with E-state index in [1.807, 2.05) is 16.7 Å². The molecule has 0 aromatic carbocycles. The Labute approximate surface area is 237 Å². The van der Waals surface area contributed by atoms with Gasteiger partial charge in [-0.15, -0.1) is 24.9 Å². The van der Waals surface area contributed by atoms with Crippen molar-refractivity contribution in [3.8, 4) is 0 Å². The van der Waals surface area contributed by atoms with Crippen LogP contribution in [0.5, 0.6) is 0 Å². The molecule has 4 fully saturated rings. The molecule has 2 bridgehead atoms. The fourth-order valence-electron chi connectivity index (χ4n) is 7.18. The molecule has 0 aliphatic carbocycles. The molecule has 0 saturated carbocycles. The lowest BCUT2D eigenvalue weighted by molar-refractivity contribution is -0.145. The van der Waals surface area contributed by atoms with Crippen molar-refractivity contribution in [1.29, 1.82) is 0 Å². The molecule has 4 rings (SSSR count). The summed E-state index contributed by atoms with van der Waals surface area (Å²) in [6.45, 7) is 17.9. The van der Waals surface area contributed by atoms with E-state index in [4.69, 9.17) is 4.74 Å². The van der Waals surface area contributed by atoms with E-state index >= 15 is 0 Å². The number of carbonyl (C=O) groups excluding carboxylic acids is 3. The van der Waals surface area contributed by atoms with Crippen molar-refractivity contribution in [1.82, 2.24) is 19.6 Å². The lowest BCUT2D eigenvalue weighted by Gasteiger charge is -2.38. The standard InChI is InChI=1S/C29H46N4O5S/c1-5-11-31(12-6-2)25(35)22-23-26(36)33(14-8-19-34)24(29(23)10-9-28(22,4)39-29)27(37)32(13-7-3)16-15-30-17-20-38-21-18-30/h5,7,22-24,34H,1,3,6,8-21H2,2,4H3/t22-,23-,24?,28+,29?/m0/s1. The first-order valence-electron chi connectivity index (χ1n) is 14.5. The highest BCUT2D eigenvalue weighted by atomic mass is 32.2. The van der Waals surface area contributed by atoms with Crippen LogP contribution in [0.25, 0.3) is 0 Å². The van der Waals surface area contributed by atoms with Crippen molar-refractivity contribution in [2.24, 2.45) is 11.8 Å². The Hall–Kier alpha value is -1.88. The lowest BCUT2D eigenvalue weighted by Crippen LogP contribution is -2.56. The van der Waals surface area contributed by atoms with Crippen LogP contribution in [0, 0.1) is 11.8 Å². The lowest BCUT2D eigenvalue weighted by atomic mass is 9.66. The molecule has 4 saturated heterocycles. The molecule has 218 valence electrons. The van der Waals surface area contributed by atoms with E-state index in [9.17, 15) is 19.5 Å². The zero-order valence-electron chi connectivity index (χ0n) is 23.7. The van der Waals surface area contributed by atoms with E-state index in [-0.39, 0.29) is 24.3 Å². The molecule has 4 aliphatic heterocycles. The summed E-state index contributed by atoms with van der Waals surface area (Å²) in [6.07, 6.45) is 6.21. The van der Waals surface area contributed by atoms with Crippen molar-refractivity contribution in [3.05, 3.63) is 25.3 Å². The van der Waals surface area contributed by atoms with Gasteiger partial charge in [-0.2, -0.15) is 0 Å². The third-order valence-corrected chi connectivity index (χ3v) is 10.9. The quantitative estimate of drug-likeness (QED) is 0.322. The van der Waals surface area contributed by atoms with E-state index in [1.165, 1.54) is 0 Å². The summed E-state index contributed by atoms with van der Waals surface area (Å²) < 4.78 is 4.42. The summed E-state index contributed by atoms with van der Waals surface area (Å²) >= 11 is 1.70. The summed E-state index contributed by atoms with van der Waals surface area (Å²) in [5.41, 5.74) is 0. The molecule has 1 N–H and O–H groups in total. The third kappa shape index (κ3) is 5.54. The maximum Gasteiger partial charge on any atom is 0.247 e. The van der Waals surface area contributed by atoms with E-state index in [0.717, 1.165) is 38.9 Å². The van der Waals surface area contributed by atoms with Crippen LogP contribution in [-0.2, 0) is 19.1 Å². The van der Waals surface area contributed by atoms with Gasteiger partial charge in [-0.1, -0.05) is 19.1 Å². The van der Waals surface area contributed by atoms with Crippen LogP contribution in [0.1, 0.15) is 39.5 Å². The highest BCUT2D eigenvalue weighted by Crippen LogP contribution is 2.71. The van der Waals surface area contributed by atoms with Crippen molar-refractivity contribution >= 4 is 29.5 Å². The van der Waals surface area contributed by atoms with Gasteiger partial charge < -0.3 is 24.5 Å². The first kappa shape index (κ1) is 30.1. The second-order valence-electron chi connectivity index (χ2n) is 11.4. The number of aliphatic hydroxyl groups is 1. The number of hydrogen-bond donors (Lipinski definition) is 1. The van der Waals surface area contributed by atoms with Gasteiger partial charge in [-0.05, 0) is 32.6 Å². The van der Waals surface area contributed by atoms with E-state index in [2.05, 4.69) is 25.0 Å². The number of amides is 3. The highest BCUT2D eigenvalue weighted by Gasteiger charge is 2.77. The van der Waals surface area contributed by atoms with Gasteiger partial charge in [0.25, 0.3) is 0 Å². The van der Waals surface area contributed by atoms with Crippen molar-refractivity contribution in [3.63, 3.8) is 0 Å². The molecule has 3 amide bonds. The van der Waals surface area contributed by atoms with Gasteiger partial charge >= 0.3 is 0 Å². The first-order valence-corrected chi connectivity index (χ1v) is 15.3. The SMILES string of the molecule is C=CCN(CCN1CCOCC1)C(=O)C1N(CCCO)C(=O)[C@@H]2[C@@H](C(=O)N(CC=C)CCC)[C@@]3(C)CCC12S3. The number of carbonyl (C=O) groups is 3. The molecule has 5 atom stereocenters. The van der Waals surface area contributed by atoms with E-state index < -0.39 is 27.4 Å². The van der Waals surface area contributed by atoms with E-state index in [0.29, 0.717) is 52.4 Å². The number of hydrogen-bond acceptors (Lipinski definition) is 7. The summed E-state index contributed by atoms with van der Waals surface area (Å²) in [5, 5.41) is 9.63. The maximum absolute atomic E-state index is 14.4. The smallest absolute Gasteiger partial charge is 0.247 e. The van der Waals surface area contributed by atoms with Gasteiger partial charge in [0.05, 0.1) is 29.8 Å². The van der Waals surface area contributed by atoms with Crippen molar-refractivity contribution in [2.75, 3.05) is 72.2 Å². The van der Waals surface area contributed by atoms with Gasteiger partial charge in [0.1, 0.15) is 6.04 Å². The van der Waals surface area contributed by atoms with Crippen LogP contribution in [-0.4, -0.2) is 130 Å². The minimum atomic E-state index is -0.658. The Balaban J connectivity index is 1.66. The number of nitrogens with zero attached hydrogens (tertiary/aromatic N) is 4. The molecule has 0 aromatic heterocycles. The van der Waals surface area contributed by atoms with Crippen LogP contribution in [0.4, 0.5) is 0 Å². The van der Waals surface area contributed by atoms with Crippen LogP contribution in [0.15, 0.2) is 25.3 Å². The second kappa shape index (κ2) is 12.7. The Kier molecular flexibility index (Phi) is 9.83. The monoisotopic (exact) mass is 562 g/mol. The predicted molar refractivity (Wildman–Crippen MR) is 153 cm³/mol. The molecule has 4 aliphatic rings. The highest BCUT2D eigenvalue weighted by molar-refractivity contribution is 8.02. The number of fused-ring (bicyclic) bond motifs is 1. The zero-order chi connectivity index (χ0) is 28.2. The molecule has 39 heavy (non-hydrogen) atoms. The Bertz CT molecular complexity index is 943. The number of ether oxygens (including phenoxy) is 1. The van der Waals surface area contributed by atoms with Crippen LogP contribution >= 0.6 is 11.8 Å². The number of aliphatic hydroxyl groups excluding tert-OH is 1. The number of rotatable bonds is 14. The van der Waals surface area contributed by atoms with Gasteiger partial charge in [-0.3, -0.25) is 19.3 Å². The van der Waals surface area contributed by atoms with Gasteiger partial charge in [0.2, 0.25) is 17.7 Å². The fraction of sp³-hybridized carbons (Fsp3) is 0.759. The first-order chi connectivity index (χ1) is 18.8. The summed E-state index contributed by atoms with van der Waals surface area (Å²) in [4.78, 5) is 50.3. The predicted octanol–water partition coefficient (Wildman–Crippen LogP) is 1.62. The number of morpholine rings is 1. The Morgan fingerprint density at radius 1 is 1.10 bits per heavy atom. The normalized spacial score (nSPS) is 31.8. The zero-order valence-corrected chi connectivity index (χ0v) is 24.5. The van der Waals surface area contributed by atoms with Crippen LogP contribution < -0.4 is 0 Å². The summed E-state index contributed by atoms with van der Waals surface area (Å²) in [7, 11) is 0. The van der Waals surface area contributed by atoms with Gasteiger partial charge in [-0.25, -0.2) is 0 Å². The molecule has 2 unspecified atom stereocenters. The van der Waals surface area contributed by atoms with Crippen molar-refractivity contribution < 1.29 is 24.2 Å². The molecular weight excluding hydrogens is 516 g/mol. The van der Waals surface area contributed by atoms with E-state index in [1.54, 1.807) is 28.8 Å². The minimum absolute atomic E-state index is 0.00264. The van der Waals surface area contributed by atoms with Gasteiger partial charge in [0.15, 0.2) is 0 Å². The topological polar surface area (TPSA) is 93.6 Å². The summed E-state index contributed by atoms with van der Waals surface area (Å²) in [5.74, 6) is -1.21. The Morgan fingerprint density at radius 2 is 1.77 bits per heavy atom. The van der Waals surface area contributed by atoms with Gasteiger partial charge in [0, 0.05) is 63.7 Å². The van der Waals surface area contributed by atoms with Crippen LogP contribution in [0.3, 0.4) is 0 Å². The minimum Gasteiger partial charge on any atom is -0.396 e. The Morgan fingerprint density at radius 3 is 2.38 bits per heavy atom. The molecule has 4 heterocycles. The summed E-state index contributed by atoms with van der Waals surface area (Å²) in [6, 6.07) is -0.658. The molecule has 0 radical (unpaired) electrons. The largest absolute Gasteiger partial charge is 0.396 e. The number of thioether (sulfide) groups is 1. The molecular formula is C29H46N4O5S. The average Bonchev–Trinajstić information content (AvgIpc) is 3.50. The number of likely N-dealkylation sites (tertiary alicyclic amines) is 1. The average molecular weight is 563 g/mol. The van der Waals surface area contributed by atoms with Crippen LogP contribution in [0.2, 0.25) is 0 Å².